The zero-order valence-electron chi connectivity index (χ0n) is 16.5. The van der Waals surface area contributed by atoms with Crippen molar-refractivity contribution in [3.8, 4) is 5.75 Å². The van der Waals surface area contributed by atoms with Crippen molar-refractivity contribution < 1.29 is 14.3 Å². The predicted octanol–water partition coefficient (Wildman–Crippen LogP) is 5.22. The second kappa shape index (κ2) is 9.59. The normalized spacial score (nSPS) is 11.0. The Morgan fingerprint density at radius 3 is 2.82 bits per heavy atom. The number of para-hydroxylation sites is 2. The minimum absolute atomic E-state index is 0.313. The first-order valence-corrected chi connectivity index (χ1v) is 10.5. The van der Waals surface area contributed by atoms with Crippen LogP contribution in [0.15, 0.2) is 41.7 Å². The van der Waals surface area contributed by atoms with Gasteiger partial charge in [-0.3, -0.25) is 4.98 Å². The summed E-state index contributed by atoms with van der Waals surface area (Å²) in [7, 11) is 0. The predicted molar refractivity (Wildman–Crippen MR) is 111 cm³/mol. The molecule has 0 fully saturated rings. The molecular formula is C21H25N3O3S. The van der Waals surface area contributed by atoms with Crippen molar-refractivity contribution >= 4 is 28.9 Å². The maximum Gasteiger partial charge on any atom is 0.420 e. The lowest BCUT2D eigenvalue weighted by Gasteiger charge is -2.12. The Morgan fingerprint density at radius 2 is 2.04 bits per heavy atom. The summed E-state index contributed by atoms with van der Waals surface area (Å²) in [4.78, 5) is 21.6. The van der Waals surface area contributed by atoms with Gasteiger partial charge in [0.25, 0.3) is 0 Å². The molecule has 2 aromatic heterocycles. The van der Waals surface area contributed by atoms with E-state index in [4.69, 9.17) is 9.47 Å². The zero-order valence-corrected chi connectivity index (χ0v) is 17.3. The van der Waals surface area contributed by atoms with E-state index >= 15 is 0 Å². The average Bonchev–Trinajstić information content (AvgIpc) is 3.07. The van der Waals surface area contributed by atoms with Crippen LogP contribution in [0.4, 0.5) is 4.79 Å². The lowest BCUT2D eigenvalue weighted by molar-refractivity contribution is 0.152. The van der Waals surface area contributed by atoms with Crippen LogP contribution >= 0.6 is 11.8 Å². The number of hydrogen-bond donors (Lipinski definition) is 0. The standard InChI is InChI=1S/C21H25N3O3S/c1-4-6-13-27-19-11-12-22-17(15(19)3)14-28-20-23-16-9-7-8-10-18(16)24(20)21(25)26-5-2/h7-12H,4-6,13-14H2,1-3H3. The molecule has 0 saturated carbocycles. The number of carbonyl (C=O) groups is 1. The minimum atomic E-state index is -0.417. The van der Waals surface area contributed by atoms with E-state index in [1.165, 1.54) is 16.3 Å². The molecular weight excluding hydrogens is 374 g/mol. The smallest absolute Gasteiger partial charge is 0.420 e. The summed E-state index contributed by atoms with van der Waals surface area (Å²) >= 11 is 1.46. The molecule has 148 valence electrons. The Balaban J connectivity index is 1.83. The lowest BCUT2D eigenvalue weighted by Crippen LogP contribution is -2.14. The molecule has 0 aliphatic heterocycles. The van der Waals surface area contributed by atoms with Gasteiger partial charge in [-0.25, -0.2) is 14.3 Å². The van der Waals surface area contributed by atoms with E-state index < -0.39 is 6.09 Å². The summed E-state index contributed by atoms with van der Waals surface area (Å²) < 4.78 is 12.6. The molecule has 0 bridgehead atoms. The average molecular weight is 400 g/mol. The summed E-state index contributed by atoms with van der Waals surface area (Å²) in [6, 6.07) is 9.45. The molecule has 0 aliphatic carbocycles. The highest BCUT2D eigenvalue weighted by atomic mass is 32.2. The number of carbonyl (C=O) groups excluding carboxylic acids is 1. The number of ether oxygens (including phenoxy) is 2. The number of thioether (sulfide) groups is 1. The number of benzene rings is 1. The van der Waals surface area contributed by atoms with Crippen LogP contribution in [0.5, 0.6) is 5.75 Å². The highest BCUT2D eigenvalue weighted by Crippen LogP contribution is 2.29. The van der Waals surface area contributed by atoms with Gasteiger partial charge in [-0.1, -0.05) is 37.2 Å². The number of fused-ring (bicyclic) bond motifs is 1. The molecule has 6 nitrogen and oxygen atoms in total. The van der Waals surface area contributed by atoms with E-state index in [9.17, 15) is 4.79 Å². The van der Waals surface area contributed by atoms with Gasteiger partial charge in [0.05, 0.1) is 29.9 Å². The monoisotopic (exact) mass is 399 g/mol. The Hall–Kier alpha value is -2.54. The van der Waals surface area contributed by atoms with Crippen molar-refractivity contribution in [1.29, 1.82) is 0 Å². The third kappa shape index (κ3) is 4.47. The molecule has 1 aromatic carbocycles. The second-order valence-electron chi connectivity index (χ2n) is 6.29. The van der Waals surface area contributed by atoms with Gasteiger partial charge in [0.1, 0.15) is 5.75 Å². The van der Waals surface area contributed by atoms with Gasteiger partial charge in [-0.05, 0) is 38.5 Å². The molecule has 0 aliphatic rings. The van der Waals surface area contributed by atoms with E-state index in [1.807, 2.05) is 37.3 Å². The van der Waals surface area contributed by atoms with E-state index in [0.717, 1.165) is 40.9 Å². The largest absolute Gasteiger partial charge is 0.493 e. The number of pyridine rings is 1. The Bertz CT molecular complexity index is 955. The molecule has 3 rings (SSSR count). The van der Waals surface area contributed by atoms with Crippen molar-refractivity contribution in [2.45, 2.75) is 44.5 Å². The number of aromatic nitrogens is 3. The van der Waals surface area contributed by atoms with Crippen molar-refractivity contribution in [2.75, 3.05) is 13.2 Å². The Labute approximate surface area is 169 Å². The second-order valence-corrected chi connectivity index (χ2v) is 7.23. The summed E-state index contributed by atoms with van der Waals surface area (Å²) in [5.41, 5.74) is 3.44. The molecule has 0 unspecified atom stereocenters. The molecule has 0 amide bonds. The van der Waals surface area contributed by atoms with E-state index in [1.54, 1.807) is 13.1 Å². The third-order valence-electron chi connectivity index (χ3n) is 4.33. The summed E-state index contributed by atoms with van der Waals surface area (Å²) in [5.74, 6) is 1.44. The fraction of sp³-hybridized carbons (Fsp3) is 0.381. The molecule has 0 saturated heterocycles. The van der Waals surface area contributed by atoms with Crippen molar-refractivity contribution in [2.24, 2.45) is 0 Å². The summed E-state index contributed by atoms with van der Waals surface area (Å²) in [6.45, 7) is 6.96. The van der Waals surface area contributed by atoms with Crippen LogP contribution in [-0.4, -0.2) is 33.8 Å². The van der Waals surface area contributed by atoms with Crippen LogP contribution in [0.25, 0.3) is 11.0 Å². The number of hydrogen-bond acceptors (Lipinski definition) is 6. The van der Waals surface area contributed by atoms with Gasteiger partial charge >= 0.3 is 6.09 Å². The van der Waals surface area contributed by atoms with Crippen molar-refractivity contribution in [1.82, 2.24) is 14.5 Å². The Morgan fingerprint density at radius 1 is 1.21 bits per heavy atom. The molecule has 2 heterocycles. The highest BCUT2D eigenvalue weighted by molar-refractivity contribution is 7.98. The quantitative estimate of drug-likeness (QED) is 0.382. The first-order valence-electron chi connectivity index (χ1n) is 9.50. The van der Waals surface area contributed by atoms with Crippen molar-refractivity contribution in [3.63, 3.8) is 0 Å². The van der Waals surface area contributed by atoms with Crippen LogP contribution in [0.1, 0.15) is 37.9 Å². The first kappa shape index (κ1) is 20.2. The molecule has 28 heavy (non-hydrogen) atoms. The number of imidazole rings is 1. The first-order chi connectivity index (χ1) is 13.7. The lowest BCUT2D eigenvalue weighted by atomic mass is 10.2. The Kier molecular flexibility index (Phi) is 6.92. The number of unbranched alkanes of at least 4 members (excludes halogenated alkanes) is 1. The maximum absolute atomic E-state index is 12.5. The zero-order chi connectivity index (χ0) is 19.9. The van der Waals surface area contributed by atoms with Crippen LogP contribution in [-0.2, 0) is 10.5 Å². The van der Waals surface area contributed by atoms with Gasteiger partial charge < -0.3 is 9.47 Å². The highest BCUT2D eigenvalue weighted by Gasteiger charge is 2.19. The van der Waals surface area contributed by atoms with Crippen LogP contribution in [0, 0.1) is 6.92 Å². The van der Waals surface area contributed by atoms with E-state index in [-0.39, 0.29) is 0 Å². The molecule has 0 atom stereocenters. The van der Waals surface area contributed by atoms with Crippen LogP contribution in [0.3, 0.4) is 0 Å². The fourth-order valence-electron chi connectivity index (χ4n) is 2.79. The molecule has 0 radical (unpaired) electrons. The minimum Gasteiger partial charge on any atom is -0.493 e. The van der Waals surface area contributed by atoms with Crippen LogP contribution < -0.4 is 4.74 Å². The van der Waals surface area contributed by atoms with Gasteiger partial charge in [-0.15, -0.1) is 0 Å². The number of nitrogens with zero attached hydrogens (tertiary/aromatic N) is 3. The molecule has 3 aromatic rings. The van der Waals surface area contributed by atoms with Gasteiger partial charge in [0, 0.05) is 17.5 Å². The third-order valence-corrected chi connectivity index (χ3v) is 5.28. The summed E-state index contributed by atoms with van der Waals surface area (Å²) in [5, 5.41) is 0.596. The number of rotatable bonds is 8. The van der Waals surface area contributed by atoms with E-state index in [2.05, 4.69) is 16.9 Å². The maximum atomic E-state index is 12.5. The molecule has 0 N–H and O–H groups in total. The fourth-order valence-corrected chi connectivity index (χ4v) is 3.81. The van der Waals surface area contributed by atoms with E-state index in [0.29, 0.717) is 24.1 Å². The van der Waals surface area contributed by atoms with Gasteiger partial charge in [0.15, 0.2) is 5.16 Å². The summed E-state index contributed by atoms with van der Waals surface area (Å²) in [6.07, 6.45) is 3.46. The molecule has 7 heteroatoms. The van der Waals surface area contributed by atoms with Gasteiger partial charge in [-0.2, -0.15) is 0 Å². The molecule has 0 spiro atoms. The van der Waals surface area contributed by atoms with Gasteiger partial charge in [0.2, 0.25) is 0 Å². The SMILES string of the molecule is CCCCOc1ccnc(CSc2nc3ccccc3n2C(=O)OCC)c1C. The van der Waals surface area contributed by atoms with Crippen molar-refractivity contribution in [3.05, 3.63) is 47.8 Å². The topological polar surface area (TPSA) is 66.2 Å². The van der Waals surface area contributed by atoms with Crippen LogP contribution in [0.2, 0.25) is 0 Å².